The normalized spacial score (nSPS) is 10.5. The van der Waals surface area contributed by atoms with Crippen molar-refractivity contribution < 1.29 is 28.5 Å². The Morgan fingerprint density at radius 1 is 1.10 bits per heavy atom. The average molecular weight is 423 g/mol. The van der Waals surface area contributed by atoms with Crippen LogP contribution in [0, 0.1) is 0 Å². The van der Waals surface area contributed by atoms with Crippen molar-refractivity contribution in [3.63, 3.8) is 0 Å². The summed E-state index contributed by atoms with van der Waals surface area (Å²) in [5, 5.41) is 8.00. The van der Waals surface area contributed by atoms with Crippen molar-refractivity contribution in [1.29, 1.82) is 0 Å². The molecule has 1 heterocycles. The number of nitrogens with one attached hydrogen (secondary N) is 2. The van der Waals surface area contributed by atoms with E-state index in [9.17, 15) is 9.59 Å². The number of esters is 1. The van der Waals surface area contributed by atoms with Crippen LogP contribution in [0.1, 0.15) is 17.3 Å². The molecule has 2 rings (SSSR count). The van der Waals surface area contributed by atoms with Crippen LogP contribution in [0.3, 0.4) is 0 Å². The van der Waals surface area contributed by atoms with Gasteiger partial charge in [-0.1, -0.05) is 6.07 Å². The van der Waals surface area contributed by atoms with Crippen LogP contribution in [0.15, 0.2) is 23.6 Å². The van der Waals surface area contributed by atoms with E-state index in [0.29, 0.717) is 40.8 Å². The highest BCUT2D eigenvalue weighted by Gasteiger charge is 2.23. The van der Waals surface area contributed by atoms with Crippen molar-refractivity contribution in [3.05, 3.63) is 29.1 Å². The molecule has 2 aromatic rings. The smallest absolute Gasteiger partial charge is 0.341 e. The Balaban J connectivity index is 2.32. The molecule has 0 spiro atoms. The van der Waals surface area contributed by atoms with E-state index in [4.69, 9.17) is 18.9 Å². The van der Waals surface area contributed by atoms with E-state index >= 15 is 0 Å². The highest BCUT2D eigenvalue weighted by atomic mass is 32.1. The molecule has 158 valence electrons. The maximum atomic E-state index is 12.6. The molecule has 1 aromatic carbocycles. The molecule has 9 heteroatoms. The zero-order valence-corrected chi connectivity index (χ0v) is 17.8. The van der Waals surface area contributed by atoms with Gasteiger partial charge in [-0.05, 0) is 24.6 Å². The molecule has 0 atom stereocenters. The molecule has 0 aliphatic carbocycles. The van der Waals surface area contributed by atoms with Gasteiger partial charge in [0.05, 0.1) is 34.0 Å². The molecule has 2 N–H and O–H groups in total. The zero-order chi connectivity index (χ0) is 21.2. The summed E-state index contributed by atoms with van der Waals surface area (Å²) in [6.45, 7) is 3.12. The Bertz CT molecular complexity index is 836. The standard InChI is InChI=1S/C20H26N2O6S/c1-5-28-20(24)18-14(13-6-7-15(26-3)16(10-13)27-4)12-29-19(18)22-17(23)11-21-8-9-25-2/h6-7,10,12,21H,5,8-9,11H2,1-4H3,(H,22,23). The van der Waals surface area contributed by atoms with E-state index < -0.39 is 5.97 Å². The molecular formula is C20H26N2O6S. The highest BCUT2D eigenvalue weighted by molar-refractivity contribution is 7.15. The third kappa shape index (κ3) is 5.93. The third-order valence-corrected chi connectivity index (χ3v) is 4.88. The predicted octanol–water partition coefficient (Wildman–Crippen LogP) is 2.78. The monoisotopic (exact) mass is 422 g/mol. The van der Waals surface area contributed by atoms with E-state index in [1.165, 1.54) is 11.3 Å². The number of rotatable bonds is 11. The van der Waals surface area contributed by atoms with Crippen molar-refractivity contribution in [2.45, 2.75) is 6.92 Å². The fourth-order valence-electron chi connectivity index (χ4n) is 2.62. The number of amides is 1. The van der Waals surface area contributed by atoms with Gasteiger partial charge in [-0.3, -0.25) is 4.79 Å². The van der Waals surface area contributed by atoms with E-state index in [2.05, 4.69) is 10.6 Å². The molecule has 0 fully saturated rings. The fraction of sp³-hybridized carbons (Fsp3) is 0.400. The van der Waals surface area contributed by atoms with E-state index in [-0.39, 0.29) is 19.1 Å². The summed E-state index contributed by atoms with van der Waals surface area (Å²) < 4.78 is 20.8. The quantitative estimate of drug-likeness (QED) is 0.425. The van der Waals surface area contributed by atoms with Crippen LogP contribution >= 0.6 is 11.3 Å². The number of hydrogen-bond donors (Lipinski definition) is 2. The number of anilines is 1. The summed E-state index contributed by atoms with van der Waals surface area (Å²) in [4.78, 5) is 24.9. The van der Waals surface area contributed by atoms with Crippen LogP contribution in [0.2, 0.25) is 0 Å². The maximum Gasteiger partial charge on any atom is 0.341 e. The van der Waals surface area contributed by atoms with E-state index in [1.807, 2.05) is 11.4 Å². The molecule has 1 aromatic heterocycles. The van der Waals surface area contributed by atoms with Gasteiger partial charge in [0.25, 0.3) is 0 Å². The number of carbonyl (C=O) groups is 2. The fourth-order valence-corrected chi connectivity index (χ4v) is 3.59. The number of ether oxygens (including phenoxy) is 4. The van der Waals surface area contributed by atoms with Gasteiger partial charge in [0, 0.05) is 24.6 Å². The summed E-state index contributed by atoms with van der Waals surface area (Å²) in [5.41, 5.74) is 1.71. The minimum absolute atomic E-state index is 0.106. The molecule has 0 saturated carbocycles. The van der Waals surface area contributed by atoms with Crippen LogP contribution in [-0.4, -0.2) is 59.5 Å². The Morgan fingerprint density at radius 3 is 2.52 bits per heavy atom. The Kier molecular flexibility index (Phi) is 8.91. The SMILES string of the molecule is CCOC(=O)c1c(-c2ccc(OC)c(OC)c2)csc1NC(=O)CNCCOC. The van der Waals surface area contributed by atoms with E-state index in [0.717, 1.165) is 5.56 Å². The van der Waals surface area contributed by atoms with Gasteiger partial charge in [-0.25, -0.2) is 4.79 Å². The van der Waals surface area contributed by atoms with Crippen molar-refractivity contribution in [2.75, 3.05) is 52.9 Å². The largest absolute Gasteiger partial charge is 0.493 e. The summed E-state index contributed by atoms with van der Waals surface area (Å²) >= 11 is 1.26. The maximum absolute atomic E-state index is 12.6. The average Bonchev–Trinajstić information content (AvgIpc) is 3.14. The summed E-state index contributed by atoms with van der Waals surface area (Å²) in [6, 6.07) is 5.37. The van der Waals surface area contributed by atoms with Crippen LogP contribution in [0.5, 0.6) is 11.5 Å². The van der Waals surface area contributed by atoms with Crippen LogP contribution in [0.4, 0.5) is 5.00 Å². The lowest BCUT2D eigenvalue weighted by Gasteiger charge is -2.11. The summed E-state index contributed by atoms with van der Waals surface area (Å²) in [7, 11) is 4.69. The second-order valence-electron chi connectivity index (χ2n) is 5.86. The van der Waals surface area contributed by atoms with Gasteiger partial charge in [0.15, 0.2) is 11.5 Å². The van der Waals surface area contributed by atoms with Crippen LogP contribution in [0.25, 0.3) is 11.1 Å². The van der Waals surface area contributed by atoms with Gasteiger partial charge < -0.3 is 29.6 Å². The van der Waals surface area contributed by atoms with Crippen LogP contribution in [-0.2, 0) is 14.3 Å². The van der Waals surface area contributed by atoms with Crippen LogP contribution < -0.4 is 20.1 Å². The second kappa shape index (κ2) is 11.4. The second-order valence-corrected chi connectivity index (χ2v) is 6.74. The molecule has 8 nitrogen and oxygen atoms in total. The Hall–Kier alpha value is -2.62. The topological polar surface area (TPSA) is 95.1 Å². The van der Waals surface area contributed by atoms with Gasteiger partial charge >= 0.3 is 5.97 Å². The number of hydrogen-bond acceptors (Lipinski definition) is 8. The third-order valence-electron chi connectivity index (χ3n) is 3.99. The van der Waals surface area contributed by atoms with Gasteiger partial charge in [-0.15, -0.1) is 11.3 Å². The lowest BCUT2D eigenvalue weighted by atomic mass is 10.0. The molecule has 0 radical (unpaired) electrons. The first kappa shape index (κ1) is 22.7. The molecule has 0 saturated heterocycles. The Morgan fingerprint density at radius 2 is 1.86 bits per heavy atom. The molecular weight excluding hydrogens is 396 g/mol. The van der Waals surface area contributed by atoms with Crippen molar-refractivity contribution in [2.24, 2.45) is 0 Å². The summed E-state index contributed by atoms with van der Waals surface area (Å²) in [5.74, 6) is 0.368. The summed E-state index contributed by atoms with van der Waals surface area (Å²) in [6.07, 6.45) is 0. The minimum Gasteiger partial charge on any atom is -0.493 e. The molecule has 0 aliphatic rings. The predicted molar refractivity (Wildman–Crippen MR) is 112 cm³/mol. The first-order valence-corrected chi connectivity index (χ1v) is 9.94. The zero-order valence-electron chi connectivity index (χ0n) is 17.0. The van der Waals surface area contributed by atoms with Gasteiger partial charge in [0.2, 0.25) is 5.91 Å². The lowest BCUT2D eigenvalue weighted by molar-refractivity contribution is -0.115. The van der Waals surface area contributed by atoms with Gasteiger partial charge in [-0.2, -0.15) is 0 Å². The molecule has 0 unspecified atom stereocenters. The number of carbonyl (C=O) groups excluding carboxylic acids is 2. The molecule has 29 heavy (non-hydrogen) atoms. The highest BCUT2D eigenvalue weighted by Crippen LogP contribution is 2.39. The number of methoxy groups -OCH3 is 3. The van der Waals surface area contributed by atoms with Gasteiger partial charge in [0.1, 0.15) is 10.6 Å². The first-order valence-electron chi connectivity index (χ1n) is 9.06. The molecule has 0 aliphatic heterocycles. The number of thiophene rings is 1. The van der Waals surface area contributed by atoms with Crippen molar-refractivity contribution in [3.8, 4) is 22.6 Å². The molecule has 1 amide bonds. The van der Waals surface area contributed by atoms with E-state index in [1.54, 1.807) is 40.4 Å². The minimum atomic E-state index is -0.499. The van der Waals surface area contributed by atoms with Crippen molar-refractivity contribution in [1.82, 2.24) is 5.32 Å². The lowest BCUT2D eigenvalue weighted by Crippen LogP contribution is -2.30. The molecule has 0 bridgehead atoms. The Labute approximate surface area is 174 Å². The number of benzene rings is 1. The first-order chi connectivity index (χ1) is 14.0. The van der Waals surface area contributed by atoms with Crippen molar-refractivity contribution >= 4 is 28.2 Å².